The maximum Gasteiger partial charge on any atom is 0.250 e. The third-order valence-corrected chi connectivity index (χ3v) is 4.68. The van der Waals surface area contributed by atoms with Gasteiger partial charge in [0, 0.05) is 17.0 Å². The Bertz CT molecular complexity index is 928. The van der Waals surface area contributed by atoms with Crippen LogP contribution in [0.15, 0.2) is 60.0 Å². The fourth-order valence-corrected chi connectivity index (χ4v) is 3.36. The third-order valence-electron chi connectivity index (χ3n) is 3.93. The van der Waals surface area contributed by atoms with Gasteiger partial charge in [0.2, 0.25) is 5.91 Å². The summed E-state index contributed by atoms with van der Waals surface area (Å²) >= 11 is 1.38. The minimum absolute atomic E-state index is 0.271. The number of hydrogen-bond acceptors (Lipinski definition) is 3. The van der Waals surface area contributed by atoms with Gasteiger partial charge in [0.15, 0.2) is 5.13 Å². The molecular formula is C22H21FN2OS. The minimum Gasteiger partial charge on any atom is -0.298 e. The molecule has 1 heterocycles. The molecule has 0 saturated heterocycles. The molecule has 0 spiro atoms. The molecule has 2 aromatic carbocycles. The number of anilines is 1. The second-order valence-corrected chi connectivity index (χ2v) is 7.57. The number of amides is 1. The molecule has 27 heavy (non-hydrogen) atoms. The summed E-state index contributed by atoms with van der Waals surface area (Å²) in [4.78, 5) is 16.5. The van der Waals surface area contributed by atoms with Crippen molar-refractivity contribution in [2.75, 3.05) is 5.32 Å². The molecule has 1 aromatic heterocycles. The zero-order valence-electron chi connectivity index (χ0n) is 15.3. The van der Waals surface area contributed by atoms with Crippen molar-refractivity contribution >= 4 is 28.5 Å². The molecule has 3 aromatic rings. The van der Waals surface area contributed by atoms with Crippen molar-refractivity contribution in [3.05, 3.63) is 76.9 Å². The lowest BCUT2D eigenvalue weighted by atomic mass is 10.0. The van der Waals surface area contributed by atoms with Crippen molar-refractivity contribution in [3.63, 3.8) is 0 Å². The van der Waals surface area contributed by atoms with Gasteiger partial charge < -0.3 is 0 Å². The second-order valence-electron chi connectivity index (χ2n) is 6.71. The van der Waals surface area contributed by atoms with E-state index in [2.05, 4.69) is 48.4 Å². The minimum atomic E-state index is -0.302. The van der Waals surface area contributed by atoms with Crippen molar-refractivity contribution < 1.29 is 9.18 Å². The van der Waals surface area contributed by atoms with Crippen molar-refractivity contribution in [1.29, 1.82) is 0 Å². The normalized spacial score (nSPS) is 11.3. The first kappa shape index (κ1) is 19.0. The Balaban J connectivity index is 1.61. The lowest BCUT2D eigenvalue weighted by Crippen LogP contribution is -2.07. The Morgan fingerprint density at radius 3 is 2.52 bits per heavy atom. The number of nitrogens with zero attached hydrogens (tertiary/aromatic N) is 1. The van der Waals surface area contributed by atoms with Crippen LogP contribution >= 0.6 is 11.3 Å². The summed E-state index contributed by atoms with van der Waals surface area (Å²) in [5.41, 5.74) is 3.94. The molecule has 3 rings (SSSR count). The van der Waals surface area contributed by atoms with Gasteiger partial charge in [0.25, 0.3) is 0 Å². The van der Waals surface area contributed by atoms with Gasteiger partial charge in [-0.05, 0) is 41.7 Å². The van der Waals surface area contributed by atoms with E-state index in [1.54, 1.807) is 18.2 Å². The number of carbonyl (C=O) groups is 1. The van der Waals surface area contributed by atoms with Gasteiger partial charge in [-0.1, -0.05) is 50.2 Å². The summed E-state index contributed by atoms with van der Waals surface area (Å²) in [6, 6.07) is 14.3. The van der Waals surface area contributed by atoms with Crippen LogP contribution in [0, 0.1) is 11.7 Å². The fourth-order valence-electron chi connectivity index (χ4n) is 2.64. The molecule has 0 aliphatic rings. The number of halogens is 1. The molecule has 0 radical (unpaired) electrons. The number of hydrogen-bond donors (Lipinski definition) is 1. The second kappa shape index (κ2) is 8.73. The number of thiazole rings is 1. The summed E-state index contributed by atoms with van der Waals surface area (Å²) in [7, 11) is 0. The highest BCUT2D eigenvalue weighted by molar-refractivity contribution is 7.14. The van der Waals surface area contributed by atoms with Gasteiger partial charge in [-0.3, -0.25) is 10.1 Å². The molecule has 0 atom stereocenters. The van der Waals surface area contributed by atoms with E-state index >= 15 is 0 Å². The largest absolute Gasteiger partial charge is 0.298 e. The Kier molecular flexibility index (Phi) is 6.14. The van der Waals surface area contributed by atoms with E-state index in [-0.39, 0.29) is 11.7 Å². The molecule has 0 bridgehead atoms. The standard InChI is InChI=1S/C22H21FN2OS/c1-15(2)13-17-3-8-18(9-4-17)20-14-27-22(24-20)25-21(26)12-7-16-5-10-19(23)11-6-16/h3-12,14-15H,13H2,1-2H3,(H,24,25,26)/b12-7+. The monoisotopic (exact) mass is 380 g/mol. The molecule has 0 saturated carbocycles. The van der Waals surface area contributed by atoms with Crippen molar-refractivity contribution in [2.45, 2.75) is 20.3 Å². The van der Waals surface area contributed by atoms with E-state index in [0.29, 0.717) is 11.0 Å². The molecule has 3 nitrogen and oxygen atoms in total. The van der Waals surface area contributed by atoms with Crippen molar-refractivity contribution in [3.8, 4) is 11.3 Å². The van der Waals surface area contributed by atoms with Crippen LogP contribution < -0.4 is 5.32 Å². The smallest absolute Gasteiger partial charge is 0.250 e. The van der Waals surface area contributed by atoms with E-state index in [1.165, 1.54) is 35.1 Å². The van der Waals surface area contributed by atoms with Crippen LogP contribution in [0.2, 0.25) is 0 Å². The van der Waals surface area contributed by atoms with E-state index in [4.69, 9.17) is 0 Å². The predicted octanol–water partition coefficient (Wildman–Crippen LogP) is 5.80. The summed E-state index contributed by atoms with van der Waals surface area (Å²) in [5.74, 6) is 0.0524. The summed E-state index contributed by atoms with van der Waals surface area (Å²) in [6.45, 7) is 4.40. The SMILES string of the molecule is CC(C)Cc1ccc(-c2csc(NC(=O)/C=C/c3ccc(F)cc3)n2)cc1. The van der Waals surface area contributed by atoms with Crippen LogP contribution in [-0.4, -0.2) is 10.9 Å². The molecule has 0 aliphatic carbocycles. The Morgan fingerprint density at radius 1 is 1.15 bits per heavy atom. The summed E-state index contributed by atoms with van der Waals surface area (Å²) < 4.78 is 12.9. The molecule has 0 fully saturated rings. The number of benzene rings is 2. The van der Waals surface area contributed by atoms with Gasteiger partial charge in [-0.25, -0.2) is 9.37 Å². The van der Waals surface area contributed by atoms with E-state index in [9.17, 15) is 9.18 Å². The summed E-state index contributed by atoms with van der Waals surface area (Å²) in [5, 5.41) is 5.23. The van der Waals surface area contributed by atoms with Crippen LogP contribution in [0.5, 0.6) is 0 Å². The number of carbonyl (C=O) groups excluding carboxylic acids is 1. The quantitative estimate of drug-likeness (QED) is 0.549. The highest BCUT2D eigenvalue weighted by Crippen LogP contribution is 2.25. The van der Waals surface area contributed by atoms with E-state index < -0.39 is 0 Å². The van der Waals surface area contributed by atoms with Crippen LogP contribution in [0.3, 0.4) is 0 Å². The highest BCUT2D eigenvalue weighted by atomic mass is 32.1. The van der Waals surface area contributed by atoms with Gasteiger partial charge in [0.1, 0.15) is 5.82 Å². The average molecular weight is 380 g/mol. The highest BCUT2D eigenvalue weighted by Gasteiger charge is 2.07. The van der Waals surface area contributed by atoms with Gasteiger partial charge in [-0.15, -0.1) is 11.3 Å². The lowest BCUT2D eigenvalue weighted by Gasteiger charge is -2.05. The van der Waals surface area contributed by atoms with Gasteiger partial charge >= 0.3 is 0 Å². The molecule has 0 unspecified atom stereocenters. The summed E-state index contributed by atoms with van der Waals surface area (Å²) in [6.07, 6.45) is 4.10. The van der Waals surface area contributed by atoms with Crippen LogP contribution in [-0.2, 0) is 11.2 Å². The molecule has 1 N–H and O–H groups in total. The van der Waals surface area contributed by atoms with Gasteiger partial charge in [-0.2, -0.15) is 0 Å². The Morgan fingerprint density at radius 2 is 1.85 bits per heavy atom. The molecule has 5 heteroatoms. The third kappa shape index (κ3) is 5.59. The topological polar surface area (TPSA) is 42.0 Å². The van der Waals surface area contributed by atoms with Crippen LogP contribution in [0.1, 0.15) is 25.0 Å². The van der Waals surface area contributed by atoms with E-state index in [0.717, 1.165) is 23.2 Å². The molecule has 0 aliphatic heterocycles. The van der Waals surface area contributed by atoms with Crippen LogP contribution in [0.25, 0.3) is 17.3 Å². The average Bonchev–Trinajstić information content (AvgIpc) is 3.10. The van der Waals surface area contributed by atoms with E-state index in [1.807, 2.05) is 5.38 Å². The Hall–Kier alpha value is -2.79. The van der Waals surface area contributed by atoms with Crippen molar-refractivity contribution in [1.82, 2.24) is 4.98 Å². The van der Waals surface area contributed by atoms with Gasteiger partial charge in [0.05, 0.1) is 5.69 Å². The number of nitrogens with one attached hydrogen (secondary N) is 1. The zero-order valence-corrected chi connectivity index (χ0v) is 16.1. The first-order valence-electron chi connectivity index (χ1n) is 8.79. The predicted molar refractivity (Wildman–Crippen MR) is 110 cm³/mol. The molecule has 1 amide bonds. The maximum atomic E-state index is 12.9. The lowest BCUT2D eigenvalue weighted by molar-refractivity contribution is -0.111. The van der Waals surface area contributed by atoms with Crippen molar-refractivity contribution in [2.24, 2.45) is 5.92 Å². The number of rotatable bonds is 6. The Labute approximate surface area is 162 Å². The molecule has 138 valence electrons. The first-order valence-corrected chi connectivity index (χ1v) is 9.67. The fraction of sp³-hybridized carbons (Fsp3) is 0.182. The molecular weight excluding hydrogens is 359 g/mol. The zero-order chi connectivity index (χ0) is 19.2. The number of aromatic nitrogens is 1. The van der Waals surface area contributed by atoms with Crippen LogP contribution in [0.4, 0.5) is 9.52 Å². The maximum absolute atomic E-state index is 12.9. The first-order chi connectivity index (χ1) is 13.0.